The number of hydrogen-bond donors (Lipinski definition) is 2. The molecular weight excluding hydrogens is 771 g/mol. The summed E-state index contributed by atoms with van der Waals surface area (Å²) in [6, 6.07) is 17.4. The summed E-state index contributed by atoms with van der Waals surface area (Å²) >= 11 is 3.50. The first kappa shape index (κ1) is 40.9. The second-order valence-corrected chi connectivity index (χ2v) is 17.3. The van der Waals surface area contributed by atoms with Crippen LogP contribution in [0.3, 0.4) is 0 Å². The molecule has 58 heavy (non-hydrogen) atoms. The monoisotopic (exact) mass is 823 g/mol. The predicted molar refractivity (Wildman–Crippen MR) is 231 cm³/mol. The maximum Gasteiger partial charge on any atom is 0.256 e. The van der Waals surface area contributed by atoms with Crippen LogP contribution in [0.25, 0.3) is 0 Å². The lowest BCUT2D eigenvalue weighted by atomic mass is 9.98. The number of nitrogens with zero attached hydrogens (tertiary/aromatic N) is 3. The zero-order valence-corrected chi connectivity index (χ0v) is 35.8. The maximum atomic E-state index is 13.9. The summed E-state index contributed by atoms with van der Waals surface area (Å²) in [6.45, 7) is 6.48. The van der Waals surface area contributed by atoms with Crippen molar-refractivity contribution >= 4 is 45.9 Å². The fourth-order valence-corrected chi connectivity index (χ4v) is 9.95. The lowest BCUT2D eigenvalue weighted by Gasteiger charge is -2.35. The van der Waals surface area contributed by atoms with E-state index in [2.05, 4.69) is 53.8 Å². The fourth-order valence-electron chi connectivity index (χ4n) is 8.01. The van der Waals surface area contributed by atoms with E-state index in [0.29, 0.717) is 65.1 Å². The molecule has 2 aliphatic heterocycles. The van der Waals surface area contributed by atoms with Crippen molar-refractivity contribution in [3.05, 3.63) is 114 Å². The highest BCUT2D eigenvalue weighted by Gasteiger charge is 2.33. The molecule has 0 radical (unpaired) electrons. The molecule has 2 atom stereocenters. The molecular formula is C45H53N5O6S2. The molecule has 2 amide bonds. The van der Waals surface area contributed by atoms with Crippen LogP contribution in [0.1, 0.15) is 85.0 Å². The van der Waals surface area contributed by atoms with Crippen molar-refractivity contribution < 1.29 is 28.5 Å². The number of benzene rings is 3. The van der Waals surface area contributed by atoms with Crippen LogP contribution >= 0.6 is 22.7 Å². The zero-order chi connectivity index (χ0) is 41.1. The average Bonchev–Trinajstić information content (AvgIpc) is 3.89. The van der Waals surface area contributed by atoms with E-state index >= 15 is 0 Å². The van der Waals surface area contributed by atoms with Crippen LogP contribution in [0.5, 0.6) is 23.0 Å². The molecule has 3 aromatic carbocycles. The summed E-state index contributed by atoms with van der Waals surface area (Å²) in [7, 11) is 7.16. The van der Waals surface area contributed by atoms with Gasteiger partial charge in [0.2, 0.25) is 0 Å². The number of amides is 2. The Morgan fingerprint density at radius 3 is 1.50 bits per heavy atom. The van der Waals surface area contributed by atoms with Crippen molar-refractivity contribution in [3.8, 4) is 23.0 Å². The van der Waals surface area contributed by atoms with E-state index in [9.17, 15) is 9.59 Å². The van der Waals surface area contributed by atoms with Crippen molar-refractivity contribution in [3.63, 3.8) is 0 Å². The van der Waals surface area contributed by atoms with Gasteiger partial charge in [0.1, 0.15) is 13.2 Å². The fraction of sp³-hybridized carbons (Fsp3) is 0.378. The third-order valence-electron chi connectivity index (χ3n) is 11.1. The summed E-state index contributed by atoms with van der Waals surface area (Å²) in [5, 5.41) is 4.18. The molecule has 2 aliphatic rings. The Morgan fingerprint density at radius 1 is 0.672 bits per heavy atom. The van der Waals surface area contributed by atoms with E-state index < -0.39 is 0 Å². The van der Waals surface area contributed by atoms with E-state index in [-0.39, 0.29) is 37.1 Å². The van der Waals surface area contributed by atoms with Gasteiger partial charge < -0.3 is 45.1 Å². The number of anilines is 2. The topological polar surface area (TPSA) is 133 Å². The van der Waals surface area contributed by atoms with Crippen LogP contribution < -0.4 is 30.4 Å². The van der Waals surface area contributed by atoms with Gasteiger partial charge in [-0.2, -0.15) is 0 Å². The predicted octanol–water partition coefficient (Wildman–Crippen LogP) is 8.17. The molecule has 0 fully saturated rings. The molecule has 2 aromatic heterocycles. The largest absolute Gasteiger partial charge is 0.493 e. The number of thiophene rings is 2. The summed E-state index contributed by atoms with van der Waals surface area (Å²) in [5.41, 5.74) is 19.9. The summed E-state index contributed by atoms with van der Waals surface area (Å²) in [4.78, 5) is 36.5. The lowest BCUT2D eigenvalue weighted by Crippen LogP contribution is -2.43. The molecule has 13 heteroatoms. The van der Waals surface area contributed by atoms with Crippen molar-refractivity contribution in [2.75, 3.05) is 39.8 Å². The zero-order valence-electron chi connectivity index (χ0n) is 34.1. The smallest absolute Gasteiger partial charge is 0.256 e. The normalized spacial score (nSPS) is 16.2. The SMILES string of the molecule is CC[C@@H]1Cc2sccc2CN1C(=O)c1cc(OC)c(OCc2cc(COc3cc(N)c(C(=O)N4Cc5ccsc5C[C@@H]4CC)cc3OC)cc(CN(C)C)c2)cc1N. The first-order chi connectivity index (χ1) is 28.0. The highest BCUT2D eigenvalue weighted by atomic mass is 32.1. The summed E-state index contributed by atoms with van der Waals surface area (Å²) < 4.78 is 24.2. The molecule has 0 saturated carbocycles. The minimum Gasteiger partial charge on any atom is -0.493 e. The van der Waals surface area contributed by atoms with Crippen molar-refractivity contribution in [1.29, 1.82) is 0 Å². The second kappa shape index (κ2) is 17.7. The van der Waals surface area contributed by atoms with Gasteiger partial charge in [-0.25, -0.2) is 0 Å². The highest BCUT2D eigenvalue weighted by molar-refractivity contribution is 7.10. The molecule has 306 valence electrons. The van der Waals surface area contributed by atoms with E-state index in [1.54, 1.807) is 61.2 Å². The molecule has 0 saturated heterocycles. The van der Waals surface area contributed by atoms with Crippen LogP contribution in [-0.2, 0) is 45.7 Å². The molecule has 0 bridgehead atoms. The Hall–Kier alpha value is -5.24. The number of carbonyl (C=O) groups is 2. The van der Waals surface area contributed by atoms with Gasteiger partial charge in [-0.1, -0.05) is 26.0 Å². The van der Waals surface area contributed by atoms with Crippen LogP contribution in [0.2, 0.25) is 0 Å². The number of rotatable bonds is 14. The van der Waals surface area contributed by atoms with Gasteiger partial charge in [0.25, 0.3) is 11.8 Å². The Bertz CT molecular complexity index is 2140. The number of ether oxygens (including phenoxy) is 4. The number of carbonyl (C=O) groups excluding carboxylic acids is 2. The summed E-state index contributed by atoms with van der Waals surface area (Å²) in [5.74, 6) is 1.52. The minimum atomic E-state index is -0.115. The van der Waals surface area contributed by atoms with Crippen LogP contribution in [0.4, 0.5) is 11.4 Å². The molecule has 0 spiro atoms. The van der Waals surface area contributed by atoms with Crippen molar-refractivity contribution in [2.24, 2.45) is 0 Å². The first-order valence-electron chi connectivity index (χ1n) is 19.7. The third kappa shape index (κ3) is 8.62. The molecule has 11 nitrogen and oxygen atoms in total. The molecule has 5 aromatic rings. The van der Waals surface area contributed by atoms with E-state index in [1.165, 1.54) is 20.9 Å². The molecule has 0 unspecified atom stereocenters. The second-order valence-electron chi connectivity index (χ2n) is 15.3. The summed E-state index contributed by atoms with van der Waals surface area (Å²) in [6.07, 6.45) is 3.40. The van der Waals surface area contributed by atoms with Gasteiger partial charge in [-0.05, 0) is 95.8 Å². The number of nitrogens with two attached hydrogens (primary N) is 2. The van der Waals surface area contributed by atoms with Crippen LogP contribution in [0, 0.1) is 0 Å². The standard InChI is InChI=1S/C45H53N5O6S2/c1-7-32-16-42-30(9-11-57-42)23-49(32)44(51)34-18-38(53-5)40(20-36(34)46)55-25-28-13-27(22-48(3)4)14-29(15-28)26-56-41-21-37(47)35(19-39(41)54-6)45(52)50-24-31-10-12-58-43(31)17-33(50)8-2/h9-15,18-21,32-33H,7-8,16-17,22-26,46-47H2,1-6H3/t32-,33+. The number of methoxy groups -OCH3 is 2. The van der Waals surface area contributed by atoms with E-state index in [4.69, 9.17) is 30.4 Å². The Labute approximate surface area is 349 Å². The molecule has 0 aliphatic carbocycles. The number of nitrogen functional groups attached to an aromatic ring is 2. The van der Waals surface area contributed by atoms with Gasteiger partial charge in [0, 0.05) is 77.8 Å². The molecule has 4 heterocycles. The number of fused-ring (bicyclic) bond motifs is 2. The Balaban J connectivity index is 1.07. The lowest BCUT2D eigenvalue weighted by molar-refractivity contribution is 0.0630. The first-order valence-corrected chi connectivity index (χ1v) is 21.4. The van der Waals surface area contributed by atoms with E-state index in [1.807, 2.05) is 30.0 Å². The van der Waals surface area contributed by atoms with Crippen molar-refractivity contribution in [1.82, 2.24) is 14.7 Å². The van der Waals surface area contributed by atoms with Gasteiger partial charge in [0.05, 0.1) is 25.3 Å². The van der Waals surface area contributed by atoms with Gasteiger partial charge in [-0.3, -0.25) is 9.59 Å². The molecule has 7 rings (SSSR count). The van der Waals surface area contributed by atoms with Crippen molar-refractivity contribution in [2.45, 2.75) is 84.5 Å². The minimum absolute atomic E-state index is 0.100. The maximum absolute atomic E-state index is 13.9. The highest BCUT2D eigenvalue weighted by Crippen LogP contribution is 2.38. The molecule has 4 N–H and O–H groups in total. The van der Waals surface area contributed by atoms with Crippen LogP contribution in [0.15, 0.2) is 65.4 Å². The average molecular weight is 824 g/mol. The van der Waals surface area contributed by atoms with Crippen LogP contribution in [-0.4, -0.2) is 66.9 Å². The third-order valence-corrected chi connectivity index (χ3v) is 13.0. The Kier molecular flexibility index (Phi) is 12.5. The van der Waals surface area contributed by atoms with Gasteiger partial charge >= 0.3 is 0 Å². The van der Waals surface area contributed by atoms with Gasteiger partial charge in [0.15, 0.2) is 23.0 Å². The van der Waals surface area contributed by atoms with E-state index in [0.717, 1.165) is 42.4 Å². The quantitative estimate of drug-likeness (QED) is 0.107. The number of hydrogen-bond acceptors (Lipinski definition) is 11. The van der Waals surface area contributed by atoms with Gasteiger partial charge in [-0.15, -0.1) is 22.7 Å². The Morgan fingerprint density at radius 2 is 1.10 bits per heavy atom.